The third kappa shape index (κ3) is 2.61. The lowest BCUT2D eigenvalue weighted by Gasteiger charge is -2.35. The standard InChI is InChI=1S/C14H21NOS/c1-16-13-10-11(17-2)6-7-12(13)14(15)8-4-3-5-9-14/h6-7,10H,3-5,8-9,15H2,1-2H3. The van der Waals surface area contributed by atoms with Crippen molar-refractivity contribution in [2.45, 2.75) is 42.5 Å². The largest absolute Gasteiger partial charge is 0.496 e. The number of nitrogens with two attached hydrogens (primary N) is 1. The van der Waals surface area contributed by atoms with Crippen LogP contribution in [0.25, 0.3) is 0 Å². The van der Waals surface area contributed by atoms with Gasteiger partial charge in [-0.1, -0.05) is 25.3 Å². The van der Waals surface area contributed by atoms with E-state index >= 15 is 0 Å². The van der Waals surface area contributed by atoms with Gasteiger partial charge in [0.15, 0.2) is 0 Å². The molecular formula is C14H21NOS. The maximum Gasteiger partial charge on any atom is 0.125 e. The lowest BCUT2D eigenvalue weighted by molar-refractivity contribution is 0.288. The monoisotopic (exact) mass is 251 g/mol. The maximum atomic E-state index is 6.56. The summed E-state index contributed by atoms with van der Waals surface area (Å²) >= 11 is 1.73. The second kappa shape index (κ2) is 5.32. The molecule has 1 saturated carbocycles. The molecule has 1 aliphatic rings. The van der Waals surface area contributed by atoms with Crippen LogP contribution in [0.4, 0.5) is 0 Å². The van der Waals surface area contributed by atoms with Crippen LogP contribution in [0, 0.1) is 0 Å². The molecule has 94 valence electrons. The van der Waals surface area contributed by atoms with Crippen molar-refractivity contribution in [2.24, 2.45) is 5.73 Å². The van der Waals surface area contributed by atoms with Gasteiger partial charge in [0, 0.05) is 16.0 Å². The summed E-state index contributed by atoms with van der Waals surface area (Å²) in [5.74, 6) is 0.946. The smallest absolute Gasteiger partial charge is 0.125 e. The van der Waals surface area contributed by atoms with E-state index in [4.69, 9.17) is 10.5 Å². The van der Waals surface area contributed by atoms with Crippen LogP contribution in [-0.2, 0) is 5.54 Å². The number of methoxy groups -OCH3 is 1. The van der Waals surface area contributed by atoms with E-state index in [0.717, 1.165) is 18.6 Å². The second-order valence-electron chi connectivity index (χ2n) is 4.78. The first kappa shape index (κ1) is 12.8. The zero-order chi connectivity index (χ0) is 12.3. The van der Waals surface area contributed by atoms with Gasteiger partial charge in [0.25, 0.3) is 0 Å². The summed E-state index contributed by atoms with van der Waals surface area (Å²) in [6, 6.07) is 6.39. The van der Waals surface area contributed by atoms with Crippen molar-refractivity contribution in [2.75, 3.05) is 13.4 Å². The number of hydrogen-bond acceptors (Lipinski definition) is 3. The van der Waals surface area contributed by atoms with E-state index in [1.165, 1.54) is 29.7 Å². The average molecular weight is 251 g/mol. The summed E-state index contributed by atoms with van der Waals surface area (Å²) in [7, 11) is 1.73. The number of thioether (sulfide) groups is 1. The van der Waals surface area contributed by atoms with Gasteiger partial charge in [-0.05, 0) is 31.2 Å². The second-order valence-corrected chi connectivity index (χ2v) is 5.66. The molecule has 1 aliphatic carbocycles. The minimum absolute atomic E-state index is 0.180. The Morgan fingerprint density at radius 2 is 1.94 bits per heavy atom. The van der Waals surface area contributed by atoms with Gasteiger partial charge in [-0.15, -0.1) is 11.8 Å². The molecule has 0 saturated heterocycles. The van der Waals surface area contributed by atoms with Crippen molar-refractivity contribution in [3.8, 4) is 5.75 Å². The van der Waals surface area contributed by atoms with Crippen LogP contribution in [0.15, 0.2) is 23.1 Å². The first-order valence-electron chi connectivity index (χ1n) is 6.21. The maximum absolute atomic E-state index is 6.56. The zero-order valence-corrected chi connectivity index (χ0v) is 11.5. The van der Waals surface area contributed by atoms with Crippen molar-refractivity contribution in [1.82, 2.24) is 0 Å². The fourth-order valence-corrected chi connectivity index (χ4v) is 3.09. The average Bonchev–Trinajstić information content (AvgIpc) is 2.38. The molecule has 2 nitrogen and oxygen atoms in total. The Bertz CT molecular complexity index is 386. The van der Waals surface area contributed by atoms with Crippen molar-refractivity contribution < 1.29 is 4.74 Å². The van der Waals surface area contributed by atoms with E-state index in [0.29, 0.717) is 0 Å². The van der Waals surface area contributed by atoms with E-state index in [1.807, 2.05) is 0 Å². The summed E-state index contributed by atoms with van der Waals surface area (Å²) in [4.78, 5) is 1.23. The molecule has 0 aliphatic heterocycles. The first-order valence-corrected chi connectivity index (χ1v) is 7.43. The summed E-state index contributed by atoms with van der Waals surface area (Å²) < 4.78 is 5.51. The van der Waals surface area contributed by atoms with E-state index in [9.17, 15) is 0 Å². The highest BCUT2D eigenvalue weighted by Gasteiger charge is 2.31. The molecule has 2 rings (SSSR count). The van der Waals surface area contributed by atoms with Gasteiger partial charge in [-0.2, -0.15) is 0 Å². The Morgan fingerprint density at radius 1 is 1.24 bits per heavy atom. The number of hydrogen-bond donors (Lipinski definition) is 1. The molecule has 1 aromatic rings. The minimum Gasteiger partial charge on any atom is -0.496 e. The number of ether oxygens (including phenoxy) is 1. The highest BCUT2D eigenvalue weighted by atomic mass is 32.2. The van der Waals surface area contributed by atoms with Crippen LogP contribution in [0.1, 0.15) is 37.7 Å². The lowest BCUT2D eigenvalue weighted by Crippen LogP contribution is -2.38. The quantitative estimate of drug-likeness (QED) is 0.835. The number of rotatable bonds is 3. The van der Waals surface area contributed by atoms with Gasteiger partial charge in [0.05, 0.1) is 7.11 Å². The molecule has 3 heteroatoms. The molecule has 2 N–H and O–H groups in total. The molecule has 1 aromatic carbocycles. The van der Waals surface area contributed by atoms with Gasteiger partial charge in [0.2, 0.25) is 0 Å². The number of benzene rings is 1. The van der Waals surface area contributed by atoms with E-state index in [2.05, 4.69) is 24.5 Å². The molecular weight excluding hydrogens is 230 g/mol. The van der Waals surface area contributed by atoms with Crippen LogP contribution < -0.4 is 10.5 Å². The summed E-state index contributed by atoms with van der Waals surface area (Å²) in [5, 5.41) is 0. The van der Waals surface area contributed by atoms with Gasteiger partial charge in [-0.25, -0.2) is 0 Å². The molecule has 0 bridgehead atoms. The topological polar surface area (TPSA) is 35.2 Å². The fourth-order valence-electron chi connectivity index (χ4n) is 2.66. The molecule has 0 spiro atoms. The Kier molecular flexibility index (Phi) is 4.00. The highest BCUT2D eigenvalue weighted by Crippen LogP contribution is 2.40. The molecule has 0 amide bonds. The van der Waals surface area contributed by atoms with Gasteiger partial charge in [0.1, 0.15) is 5.75 Å². The third-order valence-corrected chi connectivity index (χ3v) is 4.42. The van der Waals surface area contributed by atoms with Crippen LogP contribution in [0.3, 0.4) is 0 Å². The molecule has 0 heterocycles. The van der Waals surface area contributed by atoms with E-state index < -0.39 is 0 Å². The summed E-state index contributed by atoms with van der Waals surface area (Å²) in [6.07, 6.45) is 7.98. The normalized spacial score (nSPS) is 19.0. The van der Waals surface area contributed by atoms with Crippen molar-refractivity contribution in [3.05, 3.63) is 23.8 Å². The SMILES string of the molecule is COc1cc(SC)ccc1C1(N)CCCCC1. The highest BCUT2D eigenvalue weighted by molar-refractivity contribution is 7.98. The van der Waals surface area contributed by atoms with Crippen LogP contribution in [0.5, 0.6) is 5.75 Å². The Morgan fingerprint density at radius 3 is 2.53 bits per heavy atom. The fraction of sp³-hybridized carbons (Fsp3) is 0.571. The first-order chi connectivity index (χ1) is 8.19. The minimum atomic E-state index is -0.180. The zero-order valence-electron chi connectivity index (χ0n) is 10.7. The Labute approximate surface area is 108 Å². The van der Waals surface area contributed by atoms with Crippen LogP contribution >= 0.6 is 11.8 Å². The third-order valence-electron chi connectivity index (χ3n) is 3.69. The molecule has 0 atom stereocenters. The summed E-state index contributed by atoms with van der Waals surface area (Å²) in [6.45, 7) is 0. The van der Waals surface area contributed by atoms with E-state index in [1.54, 1.807) is 18.9 Å². The molecule has 0 aromatic heterocycles. The lowest BCUT2D eigenvalue weighted by atomic mass is 9.77. The van der Waals surface area contributed by atoms with Crippen molar-refractivity contribution in [3.63, 3.8) is 0 Å². The molecule has 1 fully saturated rings. The van der Waals surface area contributed by atoms with Gasteiger partial charge < -0.3 is 10.5 Å². The van der Waals surface area contributed by atoms with Crippen molar-refractivity contribution in [1.29, 1.82) is 0 Å². The molecule has 0 radical (unpaired) electrons. The van der Waals surface area contributed by atoms with Crippen LogP contribution in [-0.4, -0.2) is 13.4 Å². The molecule has 0 unspecified atom stereocenters. The van der Waals surface area contributed by atoms with E-state index in [-0.39, 0.29) is 5.54 Å². The van der Waals surface area contributed by atoms with Crippen LogP contribution in [0.2, 0.25) is 0 Å². The predicted molar refractivity (Wildman–Crippen MR) is 73.7 cm³/mol. The summed E-state index contributed by atoms with van der Waals surface area (Å²) in [5.41, 5.74) is 7.56. The molecule has 17 heavy (non-hydrogen) atoms. The predicted octanol–water partition coefficient (Wildman–Crippen LogP) is 3.54. The van der Waals surface area contributed by atoms with Gasteiger partial charge >= 0.3 is 0 Å². The Balaban J connectivity index is 2.36. The Hall–Kier alpha value is -0.670. The van der Waals surface area contributed by atoms with Crippen molar-refractivity contribution >= 4 is 11.8 Å². The van der Waals surface area contributed by atoms with Gasteiger partial charge in [-0.3, -0.25) is 0 Å².